The number of likely N-dealkylation sites (tertiary alicyclic amines) is 1. The molecule has 1 saturated heterocycles. The van der Waals surface area contributed by atoms with Crippen LogP contribution in [0.3, 0.4) is 0 Å². The molecule has 20 heavy (non-hydrogen) atoms. The van der Waals surface area contributed by atoms with Crippen molar-refractivity contribution in [2.75, 3.05) is 18.8 Å². The summed E-state index contributed by atoms with van der Waals surface area (Å²) in [4.78, 5) is 13.6. The fraction of sp³-hybridized carbons (Fsp3) is 0.929. The molecule has 1 aliphatic carbocycles. The molecule has 2 rings (SSSR count). The molecular weight excluding hydrogens is 276 g/mol. The van der Waals surface area contributed by atoms with Crippen molar-refractivity contribution >= 4 is 15.9 Å². The van der Waals surface area contributed by atoms with E-state index in [4.69, 9.17) is 0 Å². The number of hydrogen-bond acceptors (Lipinski definition) is 3. The smallest absolute Gasteiger partial charge is 0.317 e. The Hall–Kier alpha value is -0.780. The zero-order valence-corrected chi connectivity index (χ0v) is 13.3. The van der Waals surface area contributed by atoms with E-state index in [9.17, 15) is 13.2 Å². The van der Waals surface area contributed by atoms with Gasteiger partial charge in [-0.1, -0.05) is 33.1 Å². The van der Waals surface area contributed by atoms with Crippen LogP contribution in [0.2, 0.25) is 0 Å². The summed E-state index contributed by atoms with van der Waals surface area (Å²) in [5, 5.41) is 2.67. The summed E-state index contributed by atoms with van der Waals surface area (Å²) in [5.74, 6) is 0.362. The molecule has 1 N–H and O–H groups in total. The van der Waals surface area contributed by atoms with Crippen LogP contribution in [0.4, 0.5) is 4.79 Å². The van der Waals surface area contributed by atoms with Crippen molar-refractivity contribution in [3.05, 3.63) is 0 Å². The molecule has 1 saturated carbocycles. The Morgan fingerprint density at radius 3 is 2.35 bits per heavy atom. The standard InChI is InChI=1S/C14H26N2O3S/c1-11(2)10-20(18,19)13-8-16(9-13)14(17)15-12-6-4-3-5-7-12/h11-13H,3-10H2,1-2H3,(H,15,17). The molecule has 1 heterocycles. The highest BCUT2D eigenvalue weighted by atomic mass is 32.2. The number of sulfone groups is 1. The Bertz CT molecular complexity index is 435. The second kappa shape index (κ2) is 6.33. The number of carbonyl (C=O) groups excluding carboxylic acids is 1. The molecule has 0 aromatic rings. The third-order valence-corrected chi connectivity index (χ3v) is 6.59. The first-order chi connectivity index (χ1) is 9.38. The molecular formula is C14H26N2O3S. The van der Waals surface area contributed by atoms with Crippen LogP contribution in [-0.4, -0.2) is 49.5 Å². The Balaban J connectivity index is 1.76. The Labute approximate surface area is 122 Å². The van der Waals surface area contributed by atoms with Crippen molar-refractivity contribution < 1.29 is 13.2 Å². The SMILES string of the molecule is CC(C)CS(=O)(=O)C1CN(C(=O)NC2CCCCC2)C1. The van der Waals surface area contributed by atoms with E-state index in [-0.39, 0.29) is 29.0 Å². The topological polar surface area (TPSA) is 66.5 Å². The van der Waals surface area contributed by atoms with Gasteiger partial charge in [-0.15, -0.1) is 0 Å². The van der Waals surface area contributed by atoms with Crippen LogP contribution in [0.15, 0.2) is 0 Å². The summed E-state index contributed by atoms with van der Waals surface area (Å²) in [6.07, 6.45) is 5.71. The fourth-order valence-corrected chi connectivity index (χ4v) is 4.96. The largest absolute Gasteiger partial charge is 0.335 e. The molecule has 1 aliphatic heterocycles. The van der Waals surface area contributed by atoms with Crippen molar-refractivity contribution in [3.63, 3.8) is 0 Å². The second-order valence-corrected chi connectivity index (χ2v) is 8.86. The number of carbonyl (C=O) groups is 1. The first-order valence-electron chi connectivity index (χ1n) is 7.65. The highest BCUT2D eigenvalue weighted by molar-refractivity contribution is 7.92. The van der Waals surface area contributed by atoms with E-state index >= 15 is 0 Å². The summed E-state index contributed by atoms with van der Waals surface area (Å²) < 4.78 is 24.0. The fourth-order valence-electron chi connectivity index (χ4n) is 2.94. The molecule has 6 heteroatoms. The third kappa shape index (κ3) is 3.87. The third-order valence-electron chi connectivity index (χ3n) is 4.14. The summed E-state index contributed by atoms with van der Waals surface area (Å²) in [6, 6.07) is 0.190. The van der Waals surface area contributed by atoms with E-state index in [1.54, 1.807) is 4.90 Å². The van der Waals surface area contributed by atoms with Crippen LogP contribution >= 0.6 is 0 Å². The van der Waals surface area contributed by atoms with Gasteiger partial charge in [0.2, 0.25) is 0 Å². The predicted octanol–water partition coefficient (Wildman–Crippen LogP) is 1.78. The van der Waals surface area contributed by atoms with Crippen LogP contribution in [0.1, 0.15) is 46.0 Å². The van der Waals surface area contributed by atoms with Crippen molar-refractivity contribution in [3.8, 4) is 0 Å². The molecule has 2 aliphatic rings. The van der Waals surface area contributed by atoms with Crippen LogP contribution in [0.5, 0.6) is 0 Å². The molecule has 0 aromatic heterocycles. The quantitative estimate of drug-likeness (QED) is 0.861. The monoisotopic (exact) mass is 302 g/mol. The number of nitrogens with one attached hydrogen (secondary N) is 1. The van der Waals surface area contributed by atoms with Gasteiger partial charge in [-0.3, -0.25) is 0 Å². The van der Waals surface area contributed by atoms with Gasteiger partial charge in [0, 0.05) is 19.1 Å². The second-order valence-electron chi connectivity index (χ2n) is 6.53. The maximum absolute atomic E-state index is 12.0. The van der Waals surface area contributed by atoms with Gasteiger partial charge in [0.25, 0.3) is 0 Å². The number of urea groups is 1. The predicted molar refractivity (Wildman–Crippen MR) is 79.4 cm³/mol. The van der Waals surface area contributed by atoms with E-state index < -0.39 is 9.84 Å². The van der Waals surface area contributed by atoms with Crippen LogP contribution in [0.25, 0.3) is 0 Å². The van der Waals surface area contributed by atoms with Crippen LogP contribution in [0, 0.1) is 5.92 Å². The summed E-state index contributed by atoms with van der Waals surface area (Å²) in [5.41, 5.74) is 0. The van der Waals surface area contributed by atoms with E-state index in [1.165, 1.54) is 19.3 Å². The summed E-state index contributed by atoms with van der Waals surface area (Å²) in [6.45, 7) is 4.52. The highest BCUT2D eigenvalue weighted by Gasteiger charge is 2.40. The lowest BCUT2D eigenvalue weighted by Crippen LogP contribution is -2.61. The number of amides is 2. The summed E-state index contributed by atoms with van der Waals surface area (Å²) >= 11 is 0. The van der Waals surface area contributed by atoms with Gasteiger partial charge in [-0.25, -0.2) is 13.2 Å². The molecule has 0 radical (unpaired) electrons. The van der Waals surface area contributed by atoms with Gasteiger partial charge in [0.05, 0.1) is 11.0 Å². The molecule has 0 aromatic carbocycles. The molecule has 0 bridgehead atoms. The molecule has 116 valence electrons. The molecule has 0 unspecified atom stereocenters. The van der Waals surface area contributed by atoms with Gasteiger partial charge < -0.3 is 10.2 Å². The maximum Gasteiger partial charge on any atom is 0.317 e. The molecule has 5 nitrogen and oxygen atoms in total. The summed E-state index contributed by atoms with van der Waals surface area (Å²) in [7, 11) is -3.04. The first-order valence-corrected chi connectivity index (χ1v) is 9.37. The Morgan fingerprint density at radius 2 is 1.80 bits per heavy atom. The highest BCUT2D eigenvalue weighted by Crippen LogP contribution is 2.21. The van der Waals surface area contributed by atoms with Gasteiger partial charge in [-0.2, -0.15) is 0 Å². The minimum absolute atomic E-state index is 0.0899. The average Bonchev–Trinajstić information content (AvgIpc) is 2.25. The van der Waals surface area contributed by atoms with Gasteiger partial charge in [0.1, 0.15) is 0 Å². The maximum atomic E-state index is 12.0. The van der Waals surface area contributed by atoms with Crippen molar-refractivity contribution in [1.29, 1.82) is 0 Å². The van der Waals surface area contributed by atoms with Crippen molar-refractivity contribution in [2.24, 2.45) is 5.92 Å². The lowest BCUT2D eigenvalue weighted by atomic mass is 9.96. The van der Waals surface area contributed by atoms with Crippen molar-refractivity contribution in [1.82, 2.24) is 10.2 Å². The average molecular weight is 302 g/mol. The van der Waals surface area contributed by atoms with Crippen molar-refractivity contribution in [2.45, 2.75) is 57.2 Å². The number of rotatable bonds is 4. The normalized spacial score (nSPS) is 21.9. The minimum Gasteiger partial charge on any atom is -0.335 e. The van der Waals surface area contributed by atoms with Crippen LogP contribution < -0.4 is 5.32 Å². The zero-order chi connectivity index (χ0) is 14.8. The van der Waals surface area contributed by atoms with Crippen LogP contribution in [-0.2, 0) is 9.84 Å². The lowest BCUT2D eigenvalue weighted by Gasteiger charge is -2.39. The van der Waals surface area contributed by atoms with E-state index in [0.717, 1.165) is 12.8 Å². The van der Waals surface area contributed by atoms with Gasteiger partial charge in [0.15, 0.2) is 9.84 Å². The van der Waals surface area contributed by atoms with Gasteiger partial charge in [-0.05, 0) is 18.8 Å². The number of nitrogens with zero attached hydrogens (tertiary/aromatic N) is 1. The lowest BCUT2D eigenvalue weighted by molar-refractivity contribution is 0.162. The van der Waals surface area contributed by atoms with E-state index in [2.05, 4.69) is 5.32 Å². The Morgan fingerprint density at radius 1 is 1.20 bits per heavy atom. The minimum atomic E-state index is -3.04. The zero-order valence-electron chi connectivity index (χ0n) is 12.5. The van der Waals surface area contributed by atoms with E-state index in [1.807, 2.05) is 13.8 Å². The molecule has 2 fully saturated rings. The molecule has 2 amide bonds. The van der Waals surface area contributed by atoms with Gasteiger partial charge >= 0.3 is 6.03 Å². The number of hydrogen-bond donors (Lipinski definition) is 1. The molecule has 0 atom stereocenters. The van der Waals surface area contributed by atoms with E-state index in [0.29, 0.717) is 13.1 Å². The Kier molecular flexibility index (Phi) is 4.94. The first kappa shape index (κ1) is 15.6. The molecule has 0 spiro atoms.